The van der Waals surface area contributed by atoms with E-state index in [1.807, 2.05) is 0 Å². The monoisotopic (exact) mass is 652 g/mol. The van der Waals surface area contributed by atoms with Gasteiger partial charge in [0.1, 0.15) is 0 Å². The summed E-state index contributed by atoms with van der Waals surface area (Å²) in [5.41, 5.74) is 22.2. The van der Waals surface area contributed by atoms with Gasteiger partial charge in [0.25, 0.3) is 0 Å². The van der Waals surface area contributed by atoms with Crippen molar-refractivity contribution >= 4 is 45.4 Å². The molecule has 0 nitrogen and oxygen atoms in total. The third kappa shape index (κ3) is 5.22. The van der Waals surface area contributed by atoms with Gasteiger partial charge in [-0.05, 0) is 134 Å². The fraction of sp³-hybridized carbons (Fsp3) is 0.157. The van der Waals surface area contributed by atoms with Crippen molar-refractivity contribution < 1.29 is 0 Å². The van der Waals surface area contributed by atoms with Gasteiger partial charge >= 0.3 is 0 Å². The summed E-state index contributed by atoms with van der Waals surface area (Å²) < 4.78 is 0. The lowest BCUT2D eigenvalue weighted by atomic mass is 9.76. The molecule has 0 bridgehead atoms. The average molecular weight is 653 g/mol. The third-order valence-corrected chi connectivity index (χ3v) is 11.7. The van der Waals surface area contributed by atoms with E-state index >= 15 is 0 Å². The smallest absolute Gasteiger partial charge is 0.0282 e. The molecule has 0 amide bonds. The van der Waals surface area contributed by atoms with Crippen LogP contribution in [-0.2, 0) is 12.8 Å². The number of hydrogen-bond donors (Lipinski definition) is 0. The molecule has 0 saturated heterocycles. The van der Waals surface area contributed by atoms with Crippen LogP contribution in [0.4, 0.5) is 0 Å². The molecule has 5 aliphatic rings. The average Bonchev–Trinajstić information content (AvgIpc) is 3.35. The van der Waals surface area contributed by atoms with Crippen molar-refractivity contribution in [3.8, 4) is 0 Å². The molecule has 5 aliphatic carbocycles. The minimum Gasteiger partial charge on any atom is -0.103 e. The SMILES string of the molecule is C1=C(C2=CC=C[C@H](c3cccc4c3CCC=C4)C2)c2ccc3c(c2C(C2=CC=C(c4cccc5ccccc45)CC2)=c2ccccc2=1)C=CCC3. The molecule has 0 aliphatic heterocycles. The first-order chi connectivity index (χ1) is 25.3. The van der Waals surface area contributed by atoms with E-state index in [0.717, 1.165) is 44.9 Å². The zero-order valence-corrected chi connectivity index (χ0v) is 29.0. The van der Waals surface area contributed by atoms with Gasteiger partial charge < -0.3 is 0 Å². The summed E-state index contributed by atoms with van der Waals surface area (Å²) in [5.74, 6) is 0.349. The number of rotatable bonds is 4. The zero-order chi connectivity index (χ0) is 33.7. The molecule has 5 aromatic rings. The highest BCUT2D eigenvalue weighted by Gasteiger charge is 2.28. The molecule has 0 aromatic heterocycles. The first-order valence-corrected chi connectivity index (χ1v) is 18.8. The molecule has 51 heavy (non-hydrogen) atoms. The van der Waals surface area contributed by atoms with Crippen LogP contribution < -0.4 is 10.4 Å². The fourth-order valence-corrected chi connectivity index (χ4v) is 9.23. The topological polar surface area (TPSA) is 0 Å². The van der Waals surface area contributed by atoms with Crippen molar-refractivity contribution in [2.24, 2.45) is 0 Å². The quantitative estimate of drug-likeness (QED) is 0.181. The Kier molecular flexibility index (Phi) is 7.44. The van der Waals surface area contributed by atoms with Crippen molar-refractivity contribution in [1.82, 2.24) is 0 Å². The summed E-state index contributed by atoms with van der Waals surface area (Å²) >= 11 is 0. The van der Waals surface area contributed by atoms with E-state index in [0.29, 0.717) is 5.92 Å². The first kappa shape index (κ1) is 30.2. The van der Waals surface area contributed by atoms with Crippen molar-refractivity contribution in [2.45, 2.75) is 50.9 Å². The van der Waals surface area contributed by atoms with E-state index in [1.54, 1.807) is 0 Å². The Morgan fingerprint density at radius 1 is 0.608 bits per heavy atom. The molecular formula is C51H40. The Bertz CT molecular complexity index is 2630. The van der Waals surface area contributed by atoms with Gasteiger partial charge in [0.15, 0.2) is 0 Å². The second-order valence-electron chi connectivity index (χ2n) is 14.6. The van der Waals surface area contributed by atoms with Crippen LogP contribution in [0.25, 0.3) is 45.4 Å². The van der Waals surface area contributed by atoms with Crippen LogP contribution in [0.3, 0.4) is 0 Å². The number of allylic oxidation sites excluding steroid dienone is 11. The minimum atomic E-state index is 0.349. The summed E-state index contributed by atoms with van der Waals surface area (Å²) in [7, 11) is 0. The van der Waals surface area contributed by atoms with Crippen molar-refractivity contribution in [3.63, 3.8) is 0 Å². The van der Waals surface area contributed by atoms with Crippen LogP contribution in [0.2, 0.25) is 0 Å². The van der Waals surface area contributed by atoms with Gasteiger partial charge in [-0.25, -0.2) is 0 Å². The fourth-order valence-electron chi connectivity index (χ4n) is 9.23. The van der Waals surface area contributed by atoms with Crippen LogP contribution in [0.1, 0.15) is 82.5 Å². The number of fused-ring (bicyclic) bond motifs is 6. The molecule has 0 spiro atoms. The highest BCUT2D eigenvalue weighted by atomic mass is 14.3. The number of benzene rings is 5. The van der Waals surface area contributed by atoms with E-state index in [-0.39, 0.29) is 0 Å². The summed E-state index contributed by atoms with van der Waals surface area (Å²) in [6.07, 6.45) is 28.8. The Morgan fingerprint density at radius 3 is 2.39 bits per heavy atom. The van der Waals surface area contributed by atoms with E-state index in [9.17, 15) is 0 Å². The molecule has 0 radical (unpaired) electrons. The van der Waals surface area contributed by atoms with Gasteiger partial charge in [-0.15, -0.1) is 5.73 Å². The number of hydrogen-bond acceptors (Lipinski definition) is 0. The molecule has 0 N–H and O–H groups in total. The van der Waals surface area contributed by atoms with Gasteiger partial charge in [-0.3, -0.25) is 0 Å². The van der Waals surface area contributed by atoms with Gasteiger partial charge in [0, 0.05) is 16.7 Å². The van der Waals surface area contributed by atoms with Crippen molar-refractivity contribution in [2.75, 3.05) is 0 Å². The normalized spacial score (nSPS) is 18.7. The Hall–Kier alpha value is -5.68. The molecular weight excluding hydrogens is 613 g/mol. The molecule has 0 unspecified atom stereocenters. The molecule has 0 saturated carbocycles. The molecule has 244 valence electrons. The third-order valence-electron chi connectivity index (χ3n) is 11.7. The molecule has 10 rings (SSSR count). The van der Waals surface area contributed by atoms with Gasteiger partial charge in [-0.1, -0.05) is 146 Å². The van der Waals surface area contributed by atoms with Crippen molar-refractivity contribution in [1.29, 1.82) is 0 Å². The zero-order valence-electron chi connectivity index (χ0n) is 29.0. The minimum absolute atomic E-state index is 0.349. The lowest BCUT2D eigenvalue weighted by molar-refractivity contribution is 0.806. The van der Waals surface area contributed by atoms with E-state index in [2.05, 4.69) is 157 Å². The molecule has 0 heteroatoms. The summed E-state index contributed by atoms with van der Waals surface area (Å²) in [6, 6.07) is 36.2. The summed E-state index contributed by atoms with van der Waals surface area (Å²) in [5, 5.41) is 5.12. The highest BCUT2D eigenvalue weighted by molar-refractivity contribution is 6.00. The van der Waals surface area contributed by atoms with Crippen LogP contribution in [0, 0.1) is 0 Å². The lowest BCUT2D eigenvalue weighted by Crippen LogP contribution is -2.27. The first-order valence-electron chi connectivity index (χ1n) is 18.8. The standard InChI is InChI=1S/C51H40/c1-5-20-42-34(12-1)16-10-24-44(42)37-26-28-38(29-27-37)50-47-23-8-4-15-41(47)33-49(48-31-30-36-14-3-7-22-46(36)51(48)50)40-19-9-18-39(32-40)45-25-11-17-35-13-2-6-21-43(35)45/h1-2,4-5,7-13,15-20,22-26,28,30-31,39H,3,6,14,21,27,29,32H2/t39-/m0/s1. The predicted molar refractivity (Wildman–Crippen MR) is 216 cm³/mol. The maximum atomic E-state index is 4.07. The number of aryl methyl sites for hydroxylation is 1. The van der Waals surface area contributed by atoms with Crippen molar-refractivity contribution in [3.05, 3.63) is 206 Å². The second kappa shape index (κ2) is 12.6. The molecule has 0 heterocycles. The van der Waals surface area contributed by atoms with Crippen LogP contribution in [0.15, 0.2) is 151 Å². The van der Waals surface area contributed by atoms with Gasteiger partial charge in [-0.2, -0.15) is 0 Å². The van der Waals surface area contributed by atoms with Crippen LogP contribution in [0.5, 0.6) is 0 Å². The molecule has 1 atom stereocenters. The van der Waals surface area contributed by atoms with E-state index in [1.165, 1.54) is 93.6 Å². The van der Waals surface area contributed by atoms with Crippen LogP contribution in [-0.4, -0.2) is 0 Å². The maximum absolute atomic E-state index is 4.07. The Balaban J connectivity index is 1.16. The summed E-state index contributed by atoms with van der Waals surface area (Å²) in [6.45, 7) is 0. The predicted octanol–water partition coefficient (Wildman–Crippen LogP) is 11.2. The van der Waals surface area contributed by atoms with Gasteiger partial charge in [0.2, 0.25) is 0 Å². The summed E-state index contributed by atoms with van der Waals surface area (Å²) in [4.78, 5) is 0. The lowest BCUT2D eigenvalue weighted by Gasteiger charge is -2.27. The van der Waals surface area contributed by atoms with Gasteiger partial charge in [0.05, 0.1) is 0 Å². The molecule has 0 fully saturated rings. The highest BCUT2D eigenvalue weighted by Crippen LogP contribution is 2.44. The second-order valence-corrected chi connectivity index (χ2v) is 14.6. The largest absolute Gasteiger partial charge is 0.103 e. The van der Waals surface area contributed by atoms with E-state index in [4.69, 9.17) is 0 Å². The Morgan fingerprint density at radius 2 is 1.43 bits per heavy atom. The maximum Gasteiger partial charge on any atom is 0.0282 e. The van der Waals surface area contributed by atoms with Crippen LogP contribution >= 0.6 is 0 Å². The molecule has 5 aromatic carbocycles. The Labute approximate surface area is 300 Å². The van der Waals surface area contributed by atoms with E-state index < -0.39 is 0 Å².